The molecule has 1 unspecified atom stereocenters. The first kappa shape index (κ1) is 10.8. The van der Waals surface area contributed by atoms with Gasteiger partial charge in [-0.2, -0.15) is 0 Å². The summed E-state index contributed by atoms with van der Waals surface area (Å²) in [5, 5.41) is 2.79. The third-order valence-corrected chi connectivity index (χ3v) is 2.76. The van der Waals surface area contributed by atoms with Crippen molar-refractivity contribution in [3.05, 3.63) is 29.8 Å². The highest BCUT2D eigenvalue weighted by Crippen LogP contribution is 2.29. The molecule has 0 radical (unpaired) electrons. The zero-order valence-electron chi connectivity index (χ0n) is 9.40. The molecule has 2 rings (SSSR count). The average Bonchev–Trinajstić information content (AvgIpc) is 2.70. The Kier molecular flexibility index (Phi) is 2.99. The van der Waals surface area contributed by atoms with Gasteiger partial charge in [-0.3, -0.25) is 0 Å². The van der Waals surface area contributed by atoms with Crippen molar-refractivity contribution in [2.24, 2.45) is 0 Å². The Morgan fingerprint density at radius 2 is 2.31 bits per heavy atom. The lowest BCUT2D eigenvalue weighted by Gasteiger charge is -2.15. The van der Waals surface area contributed by atoms with E-state index >= 15 is 0 Å². The molecule has 0 saturated carbocycles. The summed E-state index contributed by atoms with van der Waals surface area (Å²) in [5.41, 5.74) is 0.963. The summed E-state index contributed by atoms with van der Waals surface area (Å²) in [6.45, 7) is 2.02. The number of hydrogen-bond donors (Lipinski definition) is 1. The molecule has 1 aromatic rings. The van der Waals surface area contributed by atoms with E-state index in [2.05, 4.69) is 5.32 Å². The van der Waals surface area contributed by atoms with Gasteiger partial charge < -0.3 is 14.8 Å². The first-order chi connectivity index (χ1) is 7.74. The van der Waals surface area contributed by atoms with E-state index in [1.807, 2.05) is 31.2 Å². The molecule has 1 fully saturated rings. The number of rotatable bonds is 3. The van der Waals surface area contributed by atoms with Crippen LogP contribution < -0.4 is 10.1 Å². The SMILES string of the molecule is CCC1NC(=O)O[C@H]1c1cccc(OC)c1. The fraction of sp³-hybridized carbons (Fsp3) is 0.417. The maximum atomic E-state index is 11.2. The zero-order chi connectivity index (χ0) is 11.5. The molecular weight excluding hydrogens is 206 g/mol. The van der Waals surface area contributed by atoms with Crippen LogP contribution >= 0.6 is 0 Å². The third kappa shape index (κ3) is 1.96. The average molecular weight is 221 g/mol. The normalized spacial score (nSPS) is 23.8. The van der Waals surface area contributed by atoms with Crippen molar-refractivity contribution in [3.63, 3.8) is 0 Å². The lowest BCUT2D eigenvalue weighted by atomic mass is 10.0. The molecule has 86 valence electrons. The summed E-state index contributed by atoms with van der Waals surface area (Å²) in [5.74, 6) is 0.773. The van der Waals surface area contributed by atoms with Gasteiger partial charge in [-0.1, -0.05) is 19.1 Å². The second kappa shape index (κ2) is 4.43. The van der Waals surface area contributed by atoms with Crippen LogP contribution in [0.25, 0.3) is 0 Å². The molecule has 1 saturated heterocycles. The summed E-state index contributed by atoms with van der Waals surface area (Å²) in [6.07, 6.45) is 0.278. The number of benzene rings is 1. The molecule has 0 aromatic heterocycles. The minimum absolute atomic E-state index is 0.0413. The number of nitrogens with one attached hydrogen (secondary N) is 1. The van der Waals surface area contributed by atoms with Crippen LogP contribution in [0.15, 0.2) is 24.3 Å². The second-order valence-electron chi connectivity index (χ2n) is 3.76. The Morgan fingerprint density at radius 3 is 3.00 bits per heavy atom. The van der Waals surface area contributed by atoms with Crippen molar-refractivity contribution in [2.45, 2.75) is 25.5 Å². The van der Waals surface area contributed by atoms with E-state index in [1.54, 1.807) is 7.11 Å². The molecule has 1 aliphatic heterocycles. The summed E-state index contributed by atoms with van der Waals surface area (Å²) in [6, 6.07) is 7.64. The number of carbonyl (C=O) groups excluding carboxylic acids is 1. The summed E-state index contributed by atoms with van der Waals surface area (Å²) in [7, 11) is 1.62. The van der Waals surface area contributed by atoms with Crippen molar-refractivity contribution >= 4 is 6.09 Å². The molecule has 2 atom stereocenters. The molecule has 1 amide bonds. The molecular formula is C12H15NO3. The van der Waals surface area contributed by atoms with Crippen LogP contribution in [0.4, 0.5) is 4.79 Å². The fourth-order valence-corrected chi connectivity index (χ4v) is 1.89. The molecule has 1 heterocycles. The van der Waals surface area contributed by atoms with E-state index < -0.39 is 0 Å². The van der Waals surface area contributed by atoms with Crippen molar-refractivity contribution in [2.75, 3.05) is 7.11 Å². The molecule has 1 aromatic carbocycles. The Balaban J connectivity index is 2.25. The van der Waals surface area contributed by atoms with E-state index in [9.17, 15) is 4.79 Å². The smallest absolute Gasteiger partial charge is 0.408 e. The van der Waals surface area contributed by atoms with Crippen molar-refractivity contribution < 1.29 is 14.3 Å². The predicted molar refractivity (Wildman–Crippen MR) is 59.4 cm³/mol. The van der Waals surface area contributed by atoms with E-state index in [0.717, 1.165) is 17.7 Å². The third-order valence-electron chi connectivity index (χ3n) is 2.76. The first-order valence-electron chi connectivity index (χ1n) is 5.35. The molecule has 4 nitrogen and oxygen atoms in total. The van der Waals surface area contributed by atoms with Gasteiger partial charge >= 0.3 is 6.09 Å². The van der Waals surface area contributed by atoms with E-state index in [4.69, 9.17) is 9.47 Å². The quantitative estimate of drug-likeness (QED) is 0.851. The van der Waals surface area contributed by atoms with Crippen LogP contribution in [0.1, 0.15) is 25.0 Å². The van der Waals surface area contributed by atoms with Gasteiger partial charge in [0.15, 0.2) is 0 Å². The topological polar surface area (TPSA) is 47.6 Å². The largest absolute Gasteiger partial charge is 0.497 e. The van der Waals surface area contributed by atoms with Gasteiger partial charge in [0.1, 0.15) is 11.9 Å². The van der Waals surface area contributed by atoms with Crippen LogP contribution in [0.2, 0.25) is 0 Å². The Hall–Kier alpha value is -1.71. The summed E-state index contributed by atoms with van der Waals surface area (Å²) < 4.78 is 10.4. The Morgan fingerprint density at radius 1 is 1.50 bits per heavy atom. The number of hydrogen-bond acceptors (Lipinski definition) is 3. The second-order valence-corrected chi connectivity index (χ2v) is 3.76. The Labute approximate surface area is 94.6 Å². The monoisotopic (exact) mass is 221 g/mol. The van der Waals surface area contributed by atoms with Gasteiger partial charge in [0, 0.05) is 0 Å². The van der Waals surface area contributed by atoms with Crippen LogP contribution in [0, 0.1) is 0 Å². The van der Waals surface area contributed by atoms with Crippen molar-refractivity contribution in [1.82, 2.24) is 5.32 Å². The maximum Gasteiger partial charge on any atom is 0.408 e. The number of carbonyl (C=O) groups is 1. The summed E-state index contributed by atoms with van der Waals surface area (Å²) >= 11 is 0. The number of ether oxygens (including phenoxy) is 2. The minimum Gasteiger partial charge on any atom is -0.497 e. The lowest BCUT2D eigenvalue weighted by Crippen LogP contribution is -2.26. The molecule has 0 bridgehead atoms. The van der Waals surface area contributed by atoms with Crippen LogP contribution in [0.3, 0.4) is 0 Å². The molecule has 1 N–H and O–H groups in total. The predicted octanol–water partition coefficient (Wildman–Crippen LogP) is 2.25. The molecule has 16 heavy (non-hydrogen) atoms. The lowest BCUT2D eigenvalue weighted by molar-refractivity contribution is 0.131. The maximum absolute atomic E-state index is 11.2. The summed E-state index contributed by atoms with van der Waals surface area (Å²) in [4.78, 5) is 11.2. The standard InChI is InChI=1S/C12H15NO3/c1-3-10-11(16-12(14)13-10)8-5-4-6-9(7-8)15-2/h4-7,10-11H,3H2,1-2H3,(H,13,14)/t10?,11-/m0/s1. The number of methoxy groups -OCH3 is 1. The number of amides is 1. The fourth-order valence-electron chi connectivity index (χ4n) is 1.89. The van der Waals surface area contributed by atoms with E-state index in [-0.39, 0.29) is 18.2 Å². The molecule has 1 aliphatic rings. The van der Waals surface area contributed by atoms with Gasteiger partial charge in [-0.05, 0) is 24.1 Å². The van der Waals surface area contributed by atoms with Gasteiger partial charge in [0.25, 0.3) is 0 Å². The minimum atomic E-state index is -0.348. The highest BCUT2D eigenvalue weighted by Gasteiger charge is 2.33. The van der Waals surface area contributed by atoms with Gasteiger partial charge in [0.05, 0.1) is 13.2 Å². The van der Waals surface area contributed by atoms with E-state index in [1.165, 1.54) is 0 Å². The number of cyclic esters (lactones) is 1. The highest BCUT2D eigenvalue weighted by atomic mass is 16.6. The van der Waals surface area contributed by atoms with Crippen molar-refractivity contribution in [3.8, 4) is 5.75 Å². The zero-order valence-corrected chi connectivity index (χ0v) is 9.40. The number of alkyl carbamates (subject to hydrolysis) is 1. The van der Waals surface area contributed by atoms with E-state index in [0.29, 0.717) is 0 Å². The molecule has 4 heteroatoms. The first-order valence-corrected chi connectivity index (χ1v) is 5.35. The molecule has 0 spiro atoms. The van der Waals surface area contributed by atoms with Crippen LogP contribution in [-0.4, -0.2) is 19.2 Å². The van der Waals surface area contributed by atoms with Crippen LogP contribution in [0.5, 0.6) is 5.75 Å². The Bertz CT molecular complexity index is 392. The van der Waals surface area contributed by atoms with Crippen LogP contribution in [-0.2, 0) is 4.74 Å². The van der Waals surface area contributed by atoms with Gasteiger partial charge in [0.2, 0.25) is 0 Å². The molecule has 0 aliphatic carbocycles. The van der Waals surface area contributed by atoms with Crippen molar-refractivity contribution in [1.29, 1.82) is 0 Å². The van der Waals surface area contributed by atoms with Gasteiger partial charge in [-0.25, -0.2) is 4.79 Å². The highest BCUT2D eigenvalue weighted by molar-refractivity contribution is 5.70. The van der Waals surface area contributed by atoms with Gasteiger partial charge in [-0.15, -0.1) is 0 Å².